The van der Waals surface area contributed by atoms with E-state index in [0.29, 0.717) is 36.1 Å². The van der Waals surface area contributed by atoms with Gasteiger partial charge in [-0.3, -0.25) is 4.79 Å². The van der Waals surface area contributed by atoms with Crippen LogP contribution in [-0.4, -0.2) is 34.3 Å². The van der Waals surface area contributed by atoms with Gasteiger partial charge >= 0.3 is 0 Å². The van der Waals surface area contributed by atoms with Gasteiger partial charge in [0, 0.05) is 30.4 Å². The third-order valence-corrected chi connectivity index (χ3v) is 4.50. The van der Waals surface area contributed by atoms with Crippen LogP contribution in [0.4, 0.5) is 0 Å². The molecule has 146 valence electrons. The van der Waals surface area contributed by atoms with Crippen molar-refractivity contribution in [1.29, 1.82) is 0 Å². The molecule has 0 radical (unpaired) electrons. The smallest absolute Gasteiger partial charge is 0.274 e. The molecule has 1 N–H and O–H groups in total. The Hall–Kier alpha value is -3.87. The first-order valence-electron chi connectivity index (χ1n) is 9.21. The van der Waals surface area contributed by atoms with Crippen molar-refractivity contribution in [2.45, 2.75) is 6.54 Å². The molecule has 1 amide bonds. The zero-order valence-corrected chi connectivity index (χ0v) is 15.9. The van der Waals surface area contributed by atoms with E-state index in [-0.39, 0.29) is 5.91 Å². The number of nitrogens with one attached hydrogen (secondary N) is 1. The zero-order chi connectivity index (χ0) is 20.1. The van der Waals surface area contributed by atoms with E-state index in [2.05, 4.69) is 15.5 Å². The van der Waals surface area contributed by atoms with Crippen LogP contribution in [0.2, 0.25) is 0 Å². The van der Waals surface area contributed by atoms with Gasteiger partial charge in [0.25, 0.3) is 11.8 Å². The molecular formula is C22H20N4O3. The maximum absolute atomic E-state index is 12.3. The molecule has 7 nitrogen and oxygen atoms in total. The lowest BCUT2D eigenvalue weighted by Gasteiger charge is -2.09. The number of ether oxygens (including phenoxy) is 1. The Balaban J connectivity index is 1.39. The van der Waals surface area contributed by atoms with Crippen LogP contribution in [0, 0.1) is 0 Å². The van der Waals surface area contributed by atoms with E-state index in [9.17, 15) is 4.79 Å². The Morgan fingerprint density at radius 2 is 1.86 bits per heavy atom. The molecular weight excluding hydrogens is 368 g/mol. The average molecular weight is 388 g/mol. The molecule has 7 heteroatoms. The number of nitrogens with zero attached hydrogens (tertiary/aromatic N) is 3. The van der Waals surface area contributed by atoms with Gasteiger partial charge in [0.05, 0.1) is 7.11 Å². The molecule has 0 saturated carbocycles. The fraction of sp³-hybridized carbons (Fsp3) is 0.136. The van der Waals surface area contributed by atoms with Crippen LogP contribution in [0.3, 0.4) is 0 Å². The third-order valence-electron chi connectivity index (χ3n) is 4.50. The number of amides is 1. The monoisotopic (exact) mass is 388 g/mol. The van der Waals surface area contributed by atoms with Crippen molar-refractivity contribution in [2.24, 2.45) is 0 Å². The van der Waals surface area contributed by atoms with Crippen molar-refractivity contribution >= 4 is 5.91 Å². The number of hydrogen-bond acceptors (Lipinski definition) is 5. The molecule has 0 atom stereocenters. The highest BCUT2D eigenvalue weighted by atomic mass is 16.5. The van der Waals surface area contributed by atoms with Gasteiger partial charge in [0.1, 0.15) is 11.4 Å². The fourth-order valence-corrected chi connectivity index (χ4v) is 2.97. The van der Waals surface area contributed by atoms with Crippen molar-refractivity contribution in [3.8, 4) is 28.7 Å². The second kappa shape index (κ2) is 8.43. The van der Waals surface area contributed by atoms with Crippen molar-refractivity contribution in [1.82, 2.24) is 20.0 Å². The minimum Gasteiger partial charge on any atom is -0.497 e. The molecule has 2 aromatic heterocycles. The minimum absolute atomic E-state index is 0.134. The van der Waals surface area contributed by atoms with Crippen molar-refractivity contribution < 1.29 is 14.1 Å². The van der Waals surface area contributed by atoms with E-state index >= 15 is 0 Å². The number of methoxy groups -OCH3 is 1. The summed E-state index contributed by atoms with van der Waals surface area (Å²) >= 11 is 0. The number of benzene rings is 2. The third kappa shape index (κ3) is 4.19. The first-order chi connectivity index (χ1) is 14.2. The van der Waals surface area contributed by atoms with Crippen LogP contribution < -0.4 is 10.1 Å². The highest BCUT2D eigenvalue weighted by Gasteiger charge is 2.14. The molecule has 0 aliphatic carbocycles. The lowest BCUT2D eigenvalue weighted by molar-refractivity contribution is 0.0952. The van der Waals surface area contributed by atoms with Gasteiger partial charge < -0.3 is 19.1 Å². The summed E-state index contributed by atoms with van der Waals surface area (Å²) in [6.45, 7) is 1.04. The predicted octanol–water partition coefficient (Wildman–Crippen LogP) is 3.64. The predicted molar refractivity (Wildman–Crippen MR) is 108 cm³/mol. The van der Waals surface area contributed by atoms with E-state index in [1.54, 1.807) is 31.4 Å². The molecule has 0 fully saturated rings. The summed E-state index contributed by atoms with van der Waals surface area (Å²) in [6.07, 6.45) is 1.92. The van der Waals surface area contributed by atoms with E-state index in [4.69, 9.17) is 9.26 Å². The standard InChI is InChI=1S/C22H20N4O3/c1-28-18-11-9-17(10-12-18)21(27)23-13-15-26-14-5-8-19(26)22-24-20(25-29-22)16-6-3-2-4-7-16/h2-12,14H,13,15H2,1H3,(H,23,27). The number of aromatic nitrogens is 3. The normalized spacial score (nSPS) is 10.7. The summed E-state index contributed by atoms with van der Waals surface area (Å²) in [5.74, 6) is 1.56. The largest absolute Gasteiger partial charge is 0.497 e. The Bertz CT molecular complexity index is 1080. The van der Waals surface area contributed by atoms with Crippen LogP contribution in [0.1, 0.15) is 10.4 Å². The SMILES string of the molecule is COc1ccc(C(=O)NCCn2cccc2-c2nc(-c3ccccc3)no2)cc1. The number of rotatable bonds is 7. The van der Waals surface area contributed by atoms with Gasteiger partial charge in [-0.25, -0.2) is 0 Å². The quantitative estimate of drug-likeness (QED) is 0.523. The van der Waals surface area contributed by atoms with Crippen LogP contribution in [-0.2, 0) is 6.54 Å². The highest BCUT2D eigenvalue weighted by molar-refractivity contribution is 5.94. The zero-order valence-electron chi connectivity index (χ0n) is 15.9. The summed E-state index contributed by atoms with van der Waals surface area (Å²) in [7, 11) is 1.59. The fourth-order valence-electron chi connectivity index (χ4n) is 2.97. The van der Waals surface area contributed by atoms with Gasteiger partial charge in [0.2, 0.25) is 5.82 Å². The Morgan fingerprint density at radius 1 is 1.07 bits per heavy atom. The van der Waals surface area contributed by atoms with Crippen LogP contribution in [0.25, 0.3) is 23.0 Å². The number of hydrogen-bond donors (Lipinski definition) is 1. The second-order valence-corrected chi connectivity index (χ2v) is 6.36. The molecule has 29 heavy (non-hydrogen) atoms. The van der Waals surface area contributed by atoms with Crippen LogP contribution >= 0.6 is 0 Å². The second-order valence-electron chi connectivity index (χ2n) is 6.36. The molecule has 4 aromatic rings. The molecule has 0 unspecified atom stereocenters. The molecule has 2 aromatic carbocycles. The summed E-state index contributed by atoms with van der Waals surface area (Å²) < 4.78 is 12.5. The molecule has 0 aliphatic rings. The van der Waals surface area contributed by atoms with Crippen LogP contribution in [0.15, 0.2) is 77.4 Å². The summed E-state index contributed by atoms with van der Waals surface area (Å²) in [5, 5.41) is 6.98. The Labute approximate surface area is 167 Å². The lowest BCUT2D eigenvalue weighted by atomic mass is 10.2. The number of carbonyl (C=O) groups excluding carboxylic acids is 1. The maximum atomic E-state index is 12.3. The van der Waals surface area contributed by atoms with E-state index < -0.39 is 0 Å². The Morgan fingerprint density at radius 3 is 2.62 bits per heavy atom. The molecule has 0 aliphatic heterocycles. The molecule has 4 rings (SSSR count). The van der Waals surface area contributed by atoms with Crippen molar-refractivity contribution in [2.75, 3.05) is 13.7 Å². The first kappa shape index (κ1) is 18.5. The van der Waals surface area contributed by atoms with Gasteiger partial charge in [0.15, 0.2) is 0 Å². The average Bonchev–Trinajstić information content (AvgIpc) is 3.44. The molecule has 0 saturated heterocycles. The summed E-state index contributed by atoms with van der Waals surface area (Å²) in [4.78, 5) is 16.8. The summed E-state index contributed by atoms with van der Waals surface area (Å²) in [5.41, 5.74) is 2.29. The van der Waals surface area contributed by atoms with Gasteiger partial charge in [-0.1, -0.05) is 35.5 Å². The van der Waals surface area contributed by atoms with Crippen molar-refractivity contribution in [3.05, 3.63) is 78.5 Å². The van der Waals surface area contributed by atoms with E-state index in [1.807, 2.05) is 53.2 Å². The van der Waals surface area contributed by atoms with E-state index in [1.165, 1.54) is 0 Å². The Kier molecular flexibility index (Phi) is 5.38. The molecule has 0 spiro atoms. The first-order valence-corrected chi connectivity index (χ1v) is 9.21. The van der Waals surface area contributed by atoms with E-state index in [0.717, 1.165) is 11.3 Å². The van der Waals surface area contributed by atoms with Gasteiger partial charge in [-0.05, 0) is 36.4 Å². The summed E-state index contributed by atoms with van der Waals surface area (Å²) in [6, 6.07) is 20.5. The lowest BCUT2D eigenvalue weighted by Crippen LogP contribution is -2.27. The van der Waals surface area contributed by atoms with Crippen LogP contribution in [0.5, 0.6) is 5.75 Å². The van der Waals surface area contributed by atoms with Gasteiger partial charge in [-0.2, -0.15) is 4.98 Å². The minimum atomic E-state index is -0.134. The molecule has 0 bridgehead atoms. The van der Waals surface area contributed by atoms with Crippen molar-refractivity contribution in [3.63, 3.8) is 0 Å². The topological polar surface area (TPSA) is 82.2 Å². The maximum Gasteiger partial charge on any atom is 0.274 e. The highest BCUT2D eigenvalue weighted by Crippen LogP contribution is 2.22. The molecule has 2 heterocycles. The number of carbonyl (C=O) groups is 1. The van der Waals surface area contributed by atoms with Gasteiger partial charge in [-0.15, -0.1) is 0 Å².